The molecule has 0 saturated carbocycles. The number of ether oxygens (including phenoxy) is 1. The number of fused-ring (bicyclic) bond motifs is 1. The van der Waals surface area contributed by atoms with Gasteiger partial charge in [-0.1, -0.05) is 23.7 Å². The fourth-order valence-electron chi connectivity index (χ4n) is 3.02. The molecular formula is C20H22ClN3O5S. The highest BCUT2D eigenvalue weighted by Crippen LogP contribution is 2.37. The predicted octanol–water partition coefficient (Wildman–Crippen LogP) is 2.64. The van der Waals surface area contributed by atoms with E-state index in [-0.39, 0.29) is 29.9 Å². The number of rotatable bonds is 5. The lowest BCUT2D eigenvalue weighted by Crippen LogP contribution is -2.48. The van der Waals surface area contributed by atoms with Crippen LogP contribution in [0, 0.1) is 0 Å². The van der Waals surface area contributed by atoms with Crippen LogP contribution in [0.3, 0.4) is 0 Å². The minimum atomic E-state index is -3.68. The zero-order chi connectivity index (χ0) is 22.1. The Kier molecular flexibility index (Phi) is 6.23. The molecule has 0 saturated heterocycles. The van der Waals surface area contributed by atoms with Gasteiger partial charge in [0.25, 0.3) is 11.8 Å². The molecule has 1 heterocycles. The second kappa shape index (κ2) is 8.53. The smallest absolute Gasteiger partial charge is 0.267 e. The minimum absolute atomic E-state index is 0.0745. The lowest BCUT2D eigenvalue weighted by molar-refractivity contribution is -0.122. The molecule has 1 atom stereocenters. The van der Waals surface area contributed by atoms with E-state index in [0.29, 0.717) is 16.3 Å². The largest absolute Gasteiger partial charge is 0.476 e. The van der Waals surface area contributed by atoms with E-state index in [9.17, 15) is 18.0 Å². The molecule has 30 heavy (non-hydrogen) atoms. The van der Waals surface area contributed by atoms with Crippen molar-refractivity contribution in [3.05, 3.63) is 53.1 Å². The summed E-state index contributed by atoms with van der Waals surface area (Å²) in [5.74, 6) is -0.681. The van der Waals surface area contributed by atoms with Gasteiger partial charge in [0.2, 0.25) is 10.0 Å². The number of hydrogen-bond acceptors (Lipinski definition) is 5. The Hall–Kier alpha value is -2.78. The van der Waals surface area contributed by atoms with Crippen molar-refractivity contribution in [3.8, 4) is 5.75 Å². The second-order valence-corrected chi connectivity index (χ2v) is 9.52. The van der Waals surface area contributed by atoms with Crippen LogP contribution in [0.15, 0.2) is 42.5 Å². The highest BCUT2D eigenvalue weighted by atomic mass is 35.5. The van der Waals surface area contributed by atoms with Crippen molar-refractivity contribution in [2.75, 3.05) is 22.4 Å². The summed E-state index contributed by atoms with van der Waals surface area (Å²) >= 11 is 5.99. The summed E-state index contributed by atoms with van der Waals surface area (Å²) in [6, 6.07) is 11.0. The first-order valence-corrected chi connectivity index (χ1v) is 11.4. The van der Waals surface area contributed by atoms with Gasteiger partial charge in [-0.15, -0.1) is 0 Å². The van der Waals surface area contributed by atoms with Gasteiger partial charge in [-0.25, -0.2) is 8.42 Å². The number of nitrogens with one attached hydrogen (secondary N) is 2. The van der Waals surface area contributed by atoms with Gasteiger partial charge in [0.1, 0.15) is 5.75 Å². The number of carbonyl (C=O) groups is 2. The second-order valence-electron chi connectivity index (χ2n) is 7.18. The van der Waals surface area contributed by atoms with Crippen LogP contribution in [0.5, 0.6) is 5.75 Å². The molecule has 0 spiro atoms. The topological polar surface area (TPSA) is 105 Å². The molecule has 0 fully saturated rings. The van der Waals surface area contributed by atoms with Crippen LogP contribution in [0.4, 0.5) is 11.4 Å². The zero-order valence-corrected chi connectivity index (χ0v) is 18.3. The molecule has 2 amide bonds. The molecular weight excluding hydrogens is 430 g/mol. The van der Waals surface area contributed by atoms with Crippen molar-refractivity contribution in [1.82, 2.24) is 5.32 Å². The number of carbonyl (C=O) groups excluding carboxylic acids is 2. The number of benzene rings is 2. The number of nitrogens with zero attached hydrogens (tertiary/aromatic N) is 1. The number of hydrogen-bond donors (Lipinski definition) is 2. The molecule has 1 aliphatic heterocycles. The molecule has 2 aromatic carbocycles. The molecule has 160 valence electrons. The van der Waals surface area contributed by atoms with Crippen molar-refractivity contribution in [2.45, 2.75) is 26.0 Å². The first kappa shape index (κ1) is 21.9. The van der Waals surface area contributed by atoms with Crippen molar-refractivity contribution in [3.63, 3.8) is 0 Å². The van der Waals surface area contributed by atoms with E-state index >= 15 is 0 Å². The summed E-state index contributed by atoms with van der Waals surface area (Å²) in [4.78, 5) is 25.3. The number of amides is 2. The summed E-state index contributed by atoms with van der Waals surface area (Å²) in [6.07, 6.45) is -0.0709. The average molecular weight is 452 g/mol. The number of halogens is 1. The maximum atomic E-state index is 12.9. The van der Waals surface area contributed by atoms with Gasteiger partial charge in [0.15, 0.2) is 6.10 Å². The average Bonchev–Trinajstić information content (AvgIpc) is 2.66. The van der Waals surface area contributed by atoms with E-state index in [1.807, 2.05) is 13.8 Å². The molecule has 0 radical (unpaired) electrons. The van der Waals surface area contributed by atoms with Crippen molar-refractivity contribution in [2.24, 2.45) is 0 Å². The Bertz CT molecular complexity index is 1090. The minimum Gasteiger partial charge on any atom is -0.476 e. The number of anilines is 2. The lowest BCUT2D eigenvalue weighted by Gasteiger charge is -2.34. The Morgan fingerprint density at radius 1 is 1.20 bits per heavy atom. The standard InChI is InChI=1S/C20H22ClN3O5S/c1-12(2)22-19(25)14-6-4-5-7-15(14)23-20(26)18-11-24(30(3,27)28)16-10-13(21)8-9-17(16)29-18/h4-10,12,18H,11H2,1-3H3,(H,22,25)(H,23,26). The third-order valence-corrected chi connectivity index (χ3v) is 5.71. The van der Waals surface area contributed by atoms with Crippen molar-refractivity contribution >= 4 is 44.8 Å². The molecule has 0 aliphatic carbocycles. The van der Waals surface area contributed by atoms with Crippen LogP contribution in [0.2, 0.25) is 5.02 Å². The Balaban J connectivity index is 1.87. The molecule has 0 aromatic heterocycles. The van der Waals surface area contributed by atoms with E-state index < -0.39 is 22.0 Å². The molecule has 1 aliphatic rings. The van der Waals surface area contributed by atoms with Gasteiger partial charge in [-0.3, -0.25) is 13.9 Å². The Morgan fingerprint density at radius 3 is 2.57 bits per heavy atom. The summed E-state index contributed by atoms with van der Waals surface area (Å²) in [5, 5.41) is 5.80. The van der Waals surface area contributed by atoms with E-state index in [2.05, 4.69) is 10.6 Å². The van der Waals surface area contributed by atoms with E-state index in [1.165, 1.54) is 12.1 Å². The normalized spacial score (nSPS) is 15.9. The highest BCUT2D eigenvalue weighted by Gasteiger charge is 2.35. The molecule has 8 nitrogen and oxygen atoms in total. The van der Waals surface area contributed by atoms with Gasteiger partial charge < -0.3 is 15.4 Å². The van der Waals surface area contributed by atoms with Gasteiger partial charge >= 0.3 is 0 Å². The zero-order valence-electron chi connectivity index (χ0n) is 16.7. The van der Waals surface area contributed by atoms with Crippen LogP contribution in [0.1, 0.15) is 24.2 Å². The monoisotopic (exact) mass is 451 g/mol. The van der Waals surface area contributed by atoms with E-state index in [4.69, 9.17) is 16.3 Å². The maximum absolute atomic E-state index is 12.9. The molecule has 1 unspecified atom stereocenters. The van der Waals surface area contributed by atoms with Crippen molar-refractivity contribution < 1.29 is 22.7 Å². The quantitative estimate of drug-likeness (QED) is 0.727. The molecule has 10 heteroatoms. The lowest BCUT2D eigenvalue weighted by atomic mass is 10.1. The summed E-state index contributed by atoms with van der Waals surface area (Å²) in [7, 11) is -3.68. The van der Waals surface area contributed by atoms with Crippen LogP contribution < -0.4 is 19.7 Å². The molecule has 2 aromatic rings. The maximum Gasteiger partial charge on any atom is 0.267 e. The summed E-state index contributed by atoms with van der Waals surface area (Å²) < 4.78 is 31.4. The third-order valence-electron chi connectivity index (χ3n) is 4.33. The van der Waals surface area contributed by atoms with Gasteiger partial charge in [-0.2, -0.15) is 0 Å². The van der Waals surface area contributed by atoms with Crippen LogP contribution in [-0.2, 0) is 14.8 Å². The van der Waals surface area contributed by atoms with Gasteiger partial charge in [0, 0.05) is 11.1 Å². The predicted molar refractivity (Wildman–Crippen MR) is 116 cm³/mol. The fourth-order valence-corrected chi connectivity index (χ4v) is 4.09. The Morgan fingerprint density at radius 2 is 1.90 bits per heavy atom. The van der Waals surface area contributed by atoms with Gasteiger partial charge in [-0.05, 0) is 44.2 Å². The SMILES string of the molecule is CC(C)NC(=O)c1ccccc1NC(=O)C1CN(S(C)(=O)=O)c2cc(Cl)ccc2O1. The molecule has 0 bridgehead atoms. The Labute approximate surface area is 180 Å². The summed E-state index contributed by atoms with van der Waals surface area (Å²) in [6.45, 7) is 3.44. The van der Waals surface area contributed by atoms with Gasteiger partial charge in [0.05, 0.1) is 29.7 Å². The molecule has 2 N–H and O–H groups in total. The fraction of sp³-hybridized carbons (Fsp3) is 0.300. The van der Waals surface area contributed by atoms with Crippen LogP contribution in [-0.4, -0.2) is 45.2 Å². The van der Waals surface area contributed by atoms with Crippen molar-refractivity contribution in [1.29, 1.82) is 0 Å². The van der Waals surface area contributed by atoms with E-state index in [1.54, 1.807) is 30.3 Å². The first-order chi connectivity index (χ1) is 14.1. The number of sulfonamides is 1. The van der Waals surface area contributed by atoms with Crippen LogP contribution in [0.25, 0.3) is 0 Å². The first-order valence-electron chi connectivity index (χ1n) is 9.21. The third kappa shape index (κ3) is 4.85. The number of para-hydroxylation sites is 1. The highest BCUT2D eigenvalue weighted by molar-refractivity contribution is 7.92. The molecule has 3 rings (SSSR count). The summed E-state index contributed by atoms with van der Waals surface area (Å²) in [5.41, 5.74) is 0.866. The van der Waals surface area contributed by atoms with E-state index in [0.717, 1.165) is 10.6 Å². The van der Waals surface area contributed by atoms with Crippen LogP contribution >= 0.6 is 11.6 Å².